The summed E-state index contributed by atoms with van der Waals surface area (Å²) in [6.07, 6.45) is 0.308. The number of β-amino-alcohol motifs (C(OH)–C–C–N with tert-alkyl or cyclic N) is 1. The maximum Gasteiger partial charge on any atom is 0.0971 e. The largest absolute Gasteiger partial charge is 0.395 e. The Balaban J connectivity index is 2.36. The van der Waals surface area contributed by atoms with Crippen LogP contribution in [0, 0.1) is 0 Å². The summed E-state index contributed by atoms with van der Waals surface area (Å²) in [5.41, 5.74) is 0. The van der Waals surface area contributed by atoms with Gasteiger partial charge in [0.05, 0.1) is 18.8 Å². The second kappa shape index (κ2) is 4.77. The highest BCUT2D eigenvalue weighted by molar-refractivity contribution is 4.85. The number of nitrogens with zero attached hydrogens (tertiary/aromatic N) is 1. The molecule has 0 aromatic rings. The molecule has 1 fully saturated rings. The summed E-state index contributed by atoms with van der Waals surface area (Å²) < 4.78 is 10.5. The minimum Gasteiger partial charge on any atom is -0.395 e. The number of ether oxygens (including phenoxy) is 2. The third kappa shape index (κ3) is 2.17. The van der Waals surface area contributed by atoms with Crippen LogP contribution in [0.4, 0.5) is 0 Å². The molecule has 0 radical (unpaired) electrons. The molecule has 0 aliphatic carbocycles. The Hall–Kier alpha value is -0.160. The molecule has 1 rings (SSSR count). The van der Waals surface area contributed by atoms with Gasteiger partial charge in [-0.1, -0.05) is 0 Å². The lowest BCUT2D eigenvalue weighted by atomic mass is 10.3. The molecule has 72 valence electrons. The first-order valence-corrected chi connectivity index (χ1v) is 4.20. The smallest absolute Gasteiger partial charge is 0.0971 e. The Morgan fingerprint density at radius 3 is 2.08 bits per heavy atom. The lowest BCUT2D eigenvalue weighted by Gasteiger charge is -2.13. The first-order chi connectivity index (χ1) is 5.81. The zero-order chi connectivity index (χ0) is 8.97. The van der Waals surface area contributed by atoms with Gasteiger partial charge in [-0.05, 0) is 0 Å². The van der Waals surface area contributed by atoms with Gasteiger partial charge in [0.1, 0.15) is 0 Å². The van der Waals surface area contributed by atoms with Crippen molar-refractivity contribution in [2.24, 2.45) is 0 Å². The summed E-state index contributed by atoms with van der Waals surface area (Å²) in [5.74, 6) is 0. The van der Waals surface area contributed by atoms with Gasteiger partial charge in [0.15, 0.2) is 0 Å². The summed E-state index contributed by atoms with van der Waals surface area (Å²) in [4.78, 5) is 2.14. The highest BCUT2D eigenvalue weighted by Crippen LogP contribution is 2.14. The standard InChI is InChI=1S/C8H17NO3/c1-11-7-5-9(3-4-10)6-8(7)12-2/h7-8,10H,3-6H2,1-2H3. The summed E-state index contributed by atoms with van der Waals surface area (Å²) in [6, 6.07) is 0. The molecule has 0 aromatic carbocycles. The van der Waals surface area contributed by atoms with Gasteiger partial charge in [-0.2, -0.15) is 0 Å². The Morgan fingerprint density at radius 1 is 1.25 bits per heavy atom. The van der Waals surface area contributed by atoms with Crippen LogP contribution in [0.3, 0.4) is 0 Å². The van der Waals surface area contributed by atoms with Crippen LogP contribution in [-0.4, -0.2) is 62.7 Å². The van der Waals surface area contributed by atoms with Gasteiger partial charge >= 0.3 is 0 Å². The maximum absolute atomic E-state index is 8.72. The number of aliphatic hydroxyl groups excluding tert-OH is 1. The van der Waals surface area contributed by atoms with E-state index in [4.69, 9.17) is 14.6 Å². The van der Waals surface area contributed by atoms with E-state index in [-0.39, 0.29) is 18.8 Å². The van der Waals surface area contributed by atoms with Crippen molar-refractivity contribution < 1.29 is 14.6 Å². The van der Waals surface area contributed by atoms with Crippen molar-refractivity contribution >= 4 is 0 Å². The zero-order valence-electron chi connectivity index (χ0n) is 7.69. The molecule has 0 saturated carbocycles. The fraction of sp³-hybridized carbons (Fsp3) is 1.00. The molecule has 0 amide bonds. The topological polar surface area (TPSA) is 41.9 Å². The van der Waals surface area contributed by atoms with Crippen LogP contribution in [0.2, 0.25) is 0 Å². The third-order valence-electron chi connectivity index (χ3n) is 2.31. The van der Waals surface area contributed by atoms with Gasteiger partial charge in [-0.25, -0.2) is 0 Å². The van der Waals surface area contributed by atoms with E-state index in [9.17, 15) is 0 Å². The molecule has 0 aromatic heterocycles. The van der Waals surface area contributed by atoms with Gasteiger partial charge in [0.2, 0.25) is 0 Å². The van der Waals surface area contributed by atoms with E-state index in [2.05, 4.69) is 4.90 Å². The quantitative estimate of drug-likeness (QED) is 0.615. The molecule has 1 saturated heterocycles. The van der Waals surface area contributed by atoms with E-state index in [0.717, 1.165) is 13.1 Å². The van der Waals surface area contributed by atoms with Gasteiger partial charge < -0.3 is 14.6 Å². The van der Waals surface area contributed by atoms with Crippen molar-refractivity contribution in [1.29, 1.82) is 0 Å². The monoisotopic (exact) mass is 175 g/mol. The van der Waals surface area contributed by atoms with E-state index in [0.29, 0.717) is 6.54 Å². The van der Waals surface area contributed by atoms with Crippen LogP contribution in [-0.2, 0) is 9.47 Å². The van der Waals surface area contributed by atoms with Crippen LogP contribution in [0.1, 0.15) is 0 Å². The molecular formula is C8H17NO3. The Bertz CT molecular complexity index is 119. The van der Waals surface area contributed by atoms with Crippen LogP contribution < -0.4 is 0 Å². The summed E-state index contributed by atoms with van der Waals surface area (Å²) >= 11 is 0. The molecule has 4 nitrogen and oxygen atoms in total. The number of rotatable bonds is 4. The van der Waals surface area contributed by atoms with Crippen LogP contribution in [0.15, 0.2) is 0 Å². The maximum atomic E-state index is 8.72. The summed E-state index contributed by atoms with van der Waals surface area (Å²) in [5, 5.41) is 8.72. The van der Waals surface area contributed by atoms with Crippen molar-refractivity contribution in [1.82, 2.24) is 4.90 Å². The molecule has 4 heteroatoms. The molecule has 2 atom stereocenters. The molecule has 1 aliphatic heterocycles. The highest BCUT2D eigenvalue weighted by atomic mass is 16.5. The Morgan fingerprint density at radius 2 is 1.75 bits per heavy atom. The number of hydrogen-bond acceptors (Lipinski definition) is 4. The number of hydrogen-bond donors (Lipinski definition) is 1. The lowest BCUT2D eigenvalue weighted by molar-refractivity contribution is -0.00461. The fourth-order valence-electron chi connectivity index (χ4n) is 1.60. The van der Waals surface area contributed by atoms with Crippen molar-refractivity contribution in [2.45, 2.75) is 12.2 Å². The van der Waals surface area contributed by atoms with E-state index in [1.165, 1.54) is 0 Å². The average Bonchev–Trinajstić information content (AvgIpc) is 2.48. The van der Waals surface area contributed by atoms with Gasteiger partial charge in [-0.15, -0.1) is 0 Å². The molecule has 1 heterocycles. The summed E-state index contributed by atoms with van der Waals surface area (Å²) in [7, 11) is 3.39. The van der Waals surface area contributed by atoms with E-state index >= 15 is 0 Å². The normalized spacial score (nSPS) is 31.2. The highest BCUT2D eigenvalue weighted by Gasteiger charge is 2.32. The van der Waals surface area contributed by atoms with Crippen molar-refractivity contribution in [3.63, 3.8) is 0 Å². The molecular weight excluding hydrogens is 158 g/mol. The first kappa shape index (κ1) is 9.92. The molecule has 1 N–H and O–H groups in total. The van der Waals surface area contributed by atoms with E-state index < -0.39 is 0 Å². The predicted molar refractivity (Wildman–Crippen MR) is 45.1 cm³/mol. The number of methoxy groups -OCH3 is 2. The fourth-order valence-corrected chi connectivity index (χ4v) is 1.60. The number of aliphatic hydroxyl groups is 1. The Kier molecular flexibility index (Phi) is 3.94. The van der Waals surface area contributed by atoms with Crippen molar-refractivity contribution in [3.05, 3.63) is 0 Å². The number of likely N-dealkylation sites (tertiary alicyclic amines) is 1. The molecule has 2 unspecified atom stereocenters. The minimum atomic E-state index is 0.154. The minimum absolute atomic E-state index is 0.154. The van der Waals surface area contributed by atoms with Gasteiger partial charge in [0.25, 0.3) is 0 Å². The Labute approximate surface area is 73.1 Å². The molecule has 1 aliphatic rings. The van der Waals surface area contributed by atoms with Gasteiger partial charge in [0, 0.05) is 33.9 Å². The zero-order valence-corrected chi connectivity index (χ0v) is 7.69. The van der Waals surface area contributed by atoms with Gasteiger partial charge in [-0.3, -0.25) is 4.90 Å². The third-order valence-corrected chi connectivity index (χ3v) is 2.31. The van der Waals surface area contributed by atoms with E-state index in [1.54, 1.807) is 14.2 Å². The van der Waals surface area contributed by atoms with Crippen LogP contribution in [0.25, 0.3) is 0 Å². The van der Waals surface area contributed by atoms with E-state index in [1.807, 2.05) is 0 Å². The molecule has 12 heavy (non-hydrogen) atoms. The predicted octanol–water partition coefficient (Wildman–Crippen LogP) is -0.676. The first-order valence-electron chi connectivity index (χ1n) is 4.20. The average molecular weight is 175 g/mol. The molecule has 0 bridgehead atoms. The second-order valence-electron chi connectivity index (χ2n) is 3.03. The van der Waals surface area contributed by atoms with Crippen LogP contribution in [0.5, 0.6) is 0 Å². The lowest BCUT2D eigenvalue weighted by Crippen LogP contribution is -2.27. The van der Waals surface area contributed by atoms with Crippen molar-refractivity contribution in [3.8, 4) is 0 Å². The summed E-state index contributed by atoms with van der Waals surface area (Å²) in [6.45, 7) is 2.62. The van der Waals surface area contributed by atoms with Crippen LogP contribution >= 0.6 is 0 Å². The SMILES string of the molecule is COC1CN(CCO)CC1OC. The second-order valence-corrected chi connectivity index (χ2v) is 3.03. The molecule has 0 spiro atoms. The van der Waals surface area contributed by atoms with Crippen molar-refractivity contribution in [2.75, 3.05) is 40.5 Å².